The molecule has 0 saturated carbocycles. The molecule has 0 saturated heterocycles. The fourth-order valence-corrected chi connectivity index (χ4v) is 1.93. The largest absolute Gasteiger partial charge is 0.495 e. The normalized spacial score (nSPS) is 10.2. The summed E-state index contributed by atoms with van der Waals surface area (Å²) in [6.45, 7) is -0.111. The van der Waals surface area contributed by atoms with Gasteiger partial charge >= 0.3 is 5.97 Å². The molecule has 0 aliphatic heterocycles. The van der Waals surface area contributed by atoms with E-state index in [9.17, 15) is 4.79 Å². The zero-order valence-corrected chi connectivity index (χ0v) is 11.3. The van der Waals surface area contributed by atoms with Crippen LogP contribution in [0.25, 0.3) is 11.1 Å². The van der Waals surface area contributed by atoms with Crippen LogP contribution >= 0.6 is 0 Å². The van der Waals surface area contributed by atoms with Gasteiger partial charge in [-0.3, -0.25) is 4.98 Å². The first-order valence-corrected chi connectivity index (χ1v) is 6.02. The summed E-state index contributed by atoms with van der Waals surface area (Å²) in [5.41, 5.74) is 2.48. The summed E-state index contributed by atoms with van der Waals surface area (Å²) in [6.07, 6.45) is 1.63. The summed E-state index contributed by atoms with van der Waals surface area (Å²) in [7, 11) is 2.83. The Hall–Kier alpha value is -2.40. The van der Waals surface area contributed by atoms with Crippen molar-refractivity contribution in [3.05, 3.63) is 47.8 Å². The van der Waals surface area contributed by atoms with Crippen LogP contribution in [0, 0.1) is 0 Å². The minimum atomic E-state index is -0.455. The quantitative estimate of drug-likeness (QED) is 0.863. The maximum atomic E-state index is 11.7. The summed E-state index contributed by atoms with van der Waals surface area (Å²) in [5, 5.41) is 9.00. The highest BCUT2D eigenvalue weighted by Gasteiger charge is 2.17. The molecule has 0 bridgehead atoms. The predicted molar refractivity (Wildman–Crippen MR) is 73.5 cm³/mol. The maximum absolute atomic E-state index is 11.7. The highest BCUT2D eigenvalue weighted by atomic mass is 16.5. The van der Waals surface area contributed by atoms with E-state index in [-0.39, 0.29) is 6.61 Å². The zero-order valence-electron chi connectivity index (χ0n) is 11.3. The molecule has 104 valence electrons. The first-order chi connectivity index (χ1) is 9.71. The summed E-state index contributed by atoms with van der Waals surface area (Å²) in [6, 6.07) is 8.77. The molecule has 2 aromatic rings. The second kappa shape index (κ2) is 6.16. The number of ether oxygens (including phenoxy) is 2. The number of aliphatic hydroxyl groups is 1. The number of hydrogen-bond donors (Lipinski definition) is 1. The molecular weight excluding hydrogens is 258 g/mol. The Morgan fingerprint density at radius 1 is 1.25 bits per heavy atom. The molecule has 0 unspecified atom stereocenters. The van der Waals surface area contributed by atoms with E-state index in [0.717, 1.165) is 11.1 Å². The number of nitrogens with zero attached hydrogens (tertiary/aromatic N) is 1. The lowest BCUT2D eigenvalue weighted by Crippen LogP contribution is -2.05. The molecule has 0 aliphatic rings. The van der Waals surface area contributed by atoms with Gasteiger partial charge in [-0.2, -0.15) is 0 Å². The van der Waals surface area contributed by atoms with E-state index < -0.39 is 5.97 Å². The Bertz CT molecular complexity index is 608. The van der Waals surface area contributed by atoms with Gasteiger partial charge in [-0.05, 0) is 12.1 Å². The number of methoxy groups -OCH3 is 2. The second-order valence-corrected chi connectivity index (χ2v) is 4.07. The summed E-state index contributed by atoms with van der Waals surface area (Å²) >= 11 is 0. The minimum Gasteiger partial charge on any atom is -0.495 e. The fraction of sp³-hybridized carbons (Fsp3) is 0.200. The van der Waals surface area contributed by atoms with Crippen molar-refractivity contribution in [1.82, 2.24) is 4.98 Å². The molecular formula is C15H15NO4. The van der Waals surface area contributed by atoms with Gasteiger partial charge in [0.05, 0.1) is 26.5 Å². The topological polar surface area (TPSA) is 68.7 Å². The number of carbonyl (C=O) groups is 1. The van der Waals surface area contributed by atoms with E-state index in [4.69, 9.17) is 14.6 Å². The van der Waals surface area contributed by atoms with Crippen LogP contribution in [0.15, 0.2) is 36.5 Å². The van der Waals surface area contributed by atoms with Crippen molar-refractivity contribution in [1.29, 1.82) is 0 Å². The molecule has 0 aliphatic carbocycles. The van der Waals surface area contributed by atoms with Crippen molar-refractivity contribution in [2.24, 2.45) is 0 Å². The Morgan fingerprint density at radius 3 is 2.60 bits per heavy atom. The van der Waals surface area contributed by atoms with Crippen molar-refractivity contribution in [2.45, 2.75) is 6.61 Å². The van der Waals surface area contributed by atoms with Gasteiger partial charge in [0.2, 0.25) is 0 Å². The van der Waals surface area contributed by atoms with E-state index in [1.54, 1.807) is 24.4 Å². The first-order valence-electron chi connectivity index (χ1n) is 6.02. The summed E-state index contributed by atoms with van der Waals surface area (Å²) < 4.78 is 10.1. The Balaban J connectivity index is 2.52. The molecule has 1 heterocycles. The Labute approximate surface area is 116 Å². The number of pyridine rings is 1. The molecule has 1 aromatic heterocycles. The van der Waals surface area contributed by atoms with E-state index in [1.165, 1.54) is 14.2 Å². The van der Waals surface area contributed by atoms with E-state index in [2.05, 4.69) is 4.98 Å². The van der Waals surface area contributed by atoms with Crippen LogP contribution < -0.4 is 4.74 Å². The van der Waals surface area contributed by atoms with Crippen LogP contribution in [0.3, 0.4) is 0 Å². The number of para-hydroxylation sites is 1. The molecule has 2 rings (SSSR count). The number of aliphatic hydroxyl groups excluding tert-OH is 1. The number of aromatic nitrogens is 1. The van der Waals surface area contributed by atoms with Crippen LogP contribution in [-0.4, -0.2) is 30.3 Å². The summed E-state index contributed by atoms with van der Waals surface area (Å²) in [4.78, 5) is 15.8. The van der Waals surface area contributed by atoms with Gasteiger partial charge < -0.3 is 14.6 Å². The number of benzene rings is 1. The lowest BCUT2D eigenvalue weighted by atomic mass is 10.0. The lowest BCUT2D eigenvalue weighted by molar-refractivity contribution is 0.0597. The molecule has 5 heteroatoms. The second-order valence-electron chi connectivity index (χ2n) is 4.07. The highest BCUT2D eigenvalue weighted by molar-refractivity contribution is 5.95. The highest BCUT2D eigenvalue weighted by Crippen LogP contribution is 2.33. The standard InChI is InChI=1S/C15H15NO4/c1-19-14-12(4-3-5-13(14)15(18)20-2)10-6-7-11(9-17)16-8-10/h3-8,17H,9H2,1-2H3. The number of hydrogen-bond acceptors (Lipinski definition) is 5. The Morgan fingerprint density at radius 2 is 2.05 bits per heavy atom. The maximum Gasteiger partial charge on any atom is 0.341 e. The first kappa shape index (κ1) is 14.0. The lowest BCUT2D eigenvalue weighted by Gasteiger charge is -2.12. The average molecular weight is 273 g/mol. The fourth-order valence-electron chi connectivity index (χ4n) is 1.93. The predicted octanol–water partition coefficient (Wildman–Crippen LogP) is 2.04. The molecule has 0 amide bonds. The van der Waals surface area contributed by atoms with Gasteiger partial charge in [0.25, 0.3) is 0 Å². The number of esters is 1. The smallest absolute Gasteiger partial charge is 0.341 e. The van der Waals surface area contributed by atoms with E-state index in [1.807, 2.05) is 12.1 Å². The Kier molecular flexibility index (Phi) is 4.32. The third kappa shape index (κ3) is 2.62. The van der Waals surface area contributed by atoms with Crippen LogP contribution in [0.2, 0.25) is 0 Å². The summed E-state index contributed by atoms with van der Waals surface area (Å²) in [5.74, 6) is -0.0125. The zero-order chi connectivity index (χ0) is 14.5. The van der Waals surface area contributed by atoms with Crippen molar-refractivity contribution < 1.29 is 19.4 Å². The average Bonchev–Trinajstić information content (AvgIpc) is 2.53. The van der Waals surface area contributed by atoms with E-state index >= 15 is 0 Å². The van der Waals surface area contributed by atoms with Crippen molar-refractivity contribution >= 4 is 5.97 Å². The van der Waals surface area contributed by atoms with Crippen molar-refractivity contribution in [2.75, 3.05) is 14.2 Å². The van der Waals surface area contributed by atoms with Crippen molar-refractivity contribution in [3.8, 4) is 16.9 Å². The molecule has 1 aromatic carbocycles. The van der Waals surface area contributed by atoms with Crippen LogP contribution in [0.4, 0.5) is 0 Å². The molecule has 0 spiro atoms. The molecule has 5 nitrogen and oxygen atoms in total. The van der Waals surface area contributed by atoms with Crippen molar-refractivity contribution in [3.63, 3.8) is 0 Å². The molecule has 0 fully saturated rings. The van der Waals surface area contributed by atoms with Crippen LogP contribution in [-0.2, 0) is 11.3 Å². The monoisotopic (exact) mass is 273 g/mol. The van der Waals surface area contributed by atoms with Gasteiger partial charge in [-0.25, -0.2) is 4.79 Å². The minimum absolute atomic E-state index is 0.111. The number of rotatable bonds is 4. The molecule has 1 N–H and O–H groups in total. The van der Waals surface area contributed by atoms with Crippen LogP contribution in [0.1, 0.15) is 16.1 Å². The van der Waals surface area contributed by atoms with Gasteiger partial charge in [0.15, 0.2) is 0 Å². The number of carbonyl (C=O) groups excluding carboxylic acids is 1. The van der Waals surface area contributed by atoms with Gasteiger partial charge in [0.1, 0.15) is 11.3 Å². The third-order valence-electron chi connectivity index (χ3n) is 2.92. The van der Waals surface area contributed by atoms with Crippen LogP contribution in [0.5, 0.6) is 5.75 Å². The molecule has 20 heavy (non-hydrogen) atoms. The third-order valence-corrected chi connectivity index (χ3v) is 2.92. The molecule has 0 atom stereocenters. The van der Waals surface area contributed by atoms with E-state index in [0.29, 0.717) is 17.0 Å². The van der Waals surface area contributed by atoms with Gasteiger partial charge in [0, 0.05) is 17.3 Å². The van der Waals surface area contributed by atoms with Gasteiger partial charge in [-0.1, -0.05) is 18.2 Å². The molecule has 0 radical (unpaired) electrons. The SMILES string of the molecule is COC(=O)c1cccc(-c2ccc(CO)nc2)c1OC. The van der Waals surface area contributed by atoms with Gasteiger partial charge in [-0.15, -0.1) is 0 Å².